The molecule has 1 aromatic carbocycles. The van der Waals surface area contributed by atoms with Gasteiger partial charge in [0.05, 0.1) is 19.8 Å². The molecule has 0 aliphatic rings. The normalized spacial score (nSPS) is 11.5. The van der Waals surface area contributed by atoms with Gasteiger partial charge in [0.2, 0.25) is 0 Å². The van der Waals surface area contributed by atoms with Crippen LogP contribution in [0.3, 0.4) is 0 Å². The molecule has 1 aromatic rings. The van der Waals surface area contributed by atoms with Crippen LogP contribution in [-0.4, -0.2) is 36.9 Å². The molecule has 0 aliphatic carbocycles. The number of carboxylic acid groups (broad SMARTS) is 1. The molecule has 0 radical (unpaired) electrons. The van der Waals surface area contributed by atoms with Crippen molar-refractivity contribution in [2.75, 3.05) is 19.8 Å². The van der Waals surface area contributed by atoms with Gasteiger partial charge in [0.1, 0.15) is 0 Å². The van der Waals surface area contributed by atoms with E-state index in [0.29, 0.717) is 18.1 Å². The van der Waals surface area contributed by atoms with Crippen molar-refractivity contribution in [3.8, 4) is 11.5 Å². The Morgan fingerprint density at radius 2 is 1.71 bits per heavy atom. The molecular weight excluding hydrogens is 276 g/mol. The number of carboxylic acids is 1. The number of rotatable bonds is 9. The fraction of sp³-hybridized carbons (Fsp3) is 0.467. The summed E-state index contributed by atoms with van der Waals surface area (Å²) in [6.07, 6.45) is 0.0363. The van der Waals surface area contributed by atoms with Gasteiger partial charge in [0, 0.05) is 6.42 Å². The Hall–Kier alpha value is -2.24. The van der Waals surface area contributed by atoms with Crippen LogP contribution in [0.1, 0.15) is 20.3 Å². The van der Waals surface area contributed by atoms with E-state index in [2.05, 4.69) is 0 Å². The van der Waals surface area contributed by atoms with E-state index < -0.39 is 17.9 Å². The number of para-hydroxylation sites is 2. The minimum atomic E-state index is -1.22. The van der Waals surface area contributed by atoms with E-state index in [1.165, 1.54) is 0 Å². The van der Waals surface area contributed by atoms with E-state index in [-0.39, 0.29) is 19.6 Å². The number of aliphatic carboxylic acids is 1. The summed E-state index contributed by atoms with van der Waals surface area (Å²) in [7, 11) is 0. The van der Waals surface area contributed by atoms with Gasteiger partial charge in [-0.3, -0.25) is 9.59 Å². The van der Waals surface area contributed by atoms with Crippen molar-refractivity contribution in [3.63, 3.8) is 0 Å². The van der Waals surface area contributed by atoms with Gasteiger partial charge in [0.25, 0.3) is 0 Å². The summed E-state index contributed by atoms with van der Waals surface area (Å²) in [4.78, 5) is 22.6. The van der Waals surface area contributed by atoms with Crippen LogP contribution in [0.5, 0.6) is 11.5 Å². The van der Waals surface area contributed by atoms with Gasteiger partial charge in [-0.1, -0.05) is 12.1 Å². The van der Waals surface area contributed by atoms with Crippen LogP contribution in [-0.2, 0) is 14.3 Å². The van der Waals surface area contributed by atoms with E-state index in [0.717, 1.165) is 0 Å². The van der Waals surface area contributed by atoms with Crippen LogP contribution in [0, 0.1) is 5.92 Å². The van der Waals surface area contributed by atoms with Gasteiger partial charge < -0.3 is 19.3 Å². The van der Waals surface area contributed by atoms with Gasteiger partial charge in [-0.25, -0.2) is 0 Å². The fourth-order valence-corrected chi connectivity index (χ4v) is 1.72. The lowest BCUT2D eigenvalue weighted by Crippen LogP contribution is -2.27. The van der Waals surface area contributed by atoms with Crippen molar-refractivity contribution in [1.82, 2.24) is 0 Å². The summed E-state index contributed by atoms with van der Waals surface area (Å²) in [5.41, 5.74) is 0. The second-order valence-corrected chi connectivity index (χ2v) is 4.16. The van der Waals surface area contributed by atoms with Gasteiger partial charge in [-0.15, -0.1) is 0 Å². The zero-order chi connectivity index (χ0) is 15.7. The molecule has 1 N–H and O–H groups in total. The maximum Gasteiger partial charge on any atom is 0.320 e. The lowest BCUT2D eigenvalue weighted by Gasteiger charge is -2.14. The van der Waals surface area contributed by atoms with Crippen LogP contribution in [0.2, 0.25) is 0 Å². The average molecular weight is 296 g/mol. The summed E-state index contributed by atoms with van der Waals surface area (Å²) >= 11 is 0. The van der Waals surface area contributed by atoms with Crippen molar-refractivity contribution >= 4 is 11.9 Å². The molecule has 0 amide bonds. The van der Waals surface area contributed by atoms with Crippen LogP contribution in [0.4, 0.5) is 0 Å². The molecule has 0 aliphatic heterocycles. The Bertz CT molecular complexity index is 471. The molecule has 1 rings (SSSR count). The van der Waals surface area contributed by atoms with Crippen LogP contribution < -0.4 is 9.47 Å². The van der Waals surface area contributed by atoms with Gasteiger partial charge in [-0.05, 0) is 26.0 Å². The van der Waals surface area contributed by atoms with Crippen LogP contribution >= 0.6 is 0 Å². The highest BCUT2D eigenvalue weighted by molar-refractivity contribution is 5.93. The molecule has 116 valence electrons. The molecular formula is C15H20O6. The van der Waals surface area contributed by atoms with Crippen molar-refractivity contribution in [2.24, 2.45) is 5.92 Å². The summed E-state index contributed by atoms with van der Waals surface area (Å²) in [5.74, 6) is -2.07. The minimum absolute atomic E-state index is 0.0363. The molecule has 0 aromatic heterocycles. The van der Waals surface area contributed by atoms with Gasteiger partial charge in [-0.2, -0.15) is 0 Å². The first kappa shape index (κ1) is 16.8. The highest BCUT2D eigenvalue weighted by Gasteiger charge is 2.27. The quantitative estimate of drug-likeness (QED) is 0.555. The standard InChI is InChI=1S/C15H20O6/c1-3-19-12-7-5-6-8-13(12)21-10-9-11(14(16)17)15(18)20-4-2/h5-8,11H,3-4,9-10H2,1-2H3,(H,16,17). The third-order valence-electron chi connectivity index (χ3n) is 2.68. The molecule has 1 unspecified atom stereocenters. The number of carbonyl (C=O) groups is 2. The van der Waals surface area contributed by atoms with E-state index in [1.54, 1.807) is 25.1 Å². The Morgan fingerprint density at radius 1 is 1.10 bits per heavy atom. The van der Waals surface area contributed by atoms with E-state index in [9.17, 15) is 9.59 Å². The number of ether oxygens (including phenoxy) is 3. The SMILES string of the molecule is CCOC(=O)C(CCOc1ccccc1OCC)C(=O)O. The topological polar surface area (TPSA) is 82.1 Å². The number of benzene rings is 1. The molecule has 1 atom stereocenters. The average Bonchev–Trinajstić information content (AvgIpc) is 2.45. The first-order valence-electron chi connectivity index (χ1n) is 6.84. The molecule has 0 heterocycles. The van der Waals surface area contributed by atoms with Crippen molar-refractivity contribution < 1.29 is 28.9 Å². The molecule has 0 fully saturated rings. The van der Waals surface area contributed by atoms with Crippen LogP contribution in [0.15, 0.2) is 24.3 Å². The summed E-state index contributed by atoms with van der Waals surface area (Å²) in [6, 6.07) is 7.10. The molecule has 6 nitrogen and oxygen atoms in total. The fourth-order valence-electron chi connectivity index (χ4n) is 1.72. The lowest BCUT2D eigenvalue weighted by atomic mass is 10.1. The van der Waals surface area contributed by atoms with E-state index in [1.807, 2.05) is 13.0 Å². The molecule has 6 heteroatoms. The predicted molar refractivity (Wildman–Crippen MR) is 75.5 cm³/mol. The van der Waals surface area contributed by atoms with Gasteiger partial charge >= 0.3 is 11.9 Å². The predicted octanol–water partition coefficient (Wildman–Crippen LogP) is 2.12. The zero-order valence-corrected chi connectivity index (χ0v) is 12.2. The Kier molecular flexibility index (Phi) is 7.08. The second-order valence-electron chi connectivity index (χ2n) is 4.16. The maximum atomic E-state index is 11.5. The summed E-state index contributed by atoms with van der Waals surface area (Å²) in [5, 5.41) is 9.03. The van der Waals surface area contributed by atoms with Crippen LogP contribution in [0.25, 0.3) is 0 Å². The largest absolute Gasteiger partial charge is 0.490 e. The third-order valence-corrected chi connectivity index (χ3v) is 2.68. The number of hydrogen-bond donors (Lipinski definition) is 1. The number of carbonyl (C=O) groups excluding carboxylic acids is 1. The Balaban J connectivity index is 2.58. The molecule has 21 heavy (non-hydrogen) atoms. The molecule has 0 bridgehead atoms. The summed E-state index contributed by atoms with van der Waals surface area (Å²) in [6.45, 7) is 4.22. The zero-order valence-electron chi connectivity index (χ0n) is 12.2. The van der Waals surface area contributed by atoms with Crippen molar-refractivity contribution in [2.45, 2.75) is 20.3 Å². The van der Waals surface area contributed by atoms with E-state index >= 15 is 0 Å². The Labute approximate surface area is 123 Å². The third kappa shape index (κ3) is 5.33. The lowest BCUT2D eigenvalue weighted by molar-refractivity contribution is -0.158. The highest BCUT2D eigenvalue weighted by Crippen LogP contribution is 2.26. The highest BCUT2D eigenvalue weighted by atomic mass is 16.5. The number of hydrogen-bond acceptors (Lipinski definition) is 5. The van der Waals surface area contributed by atoms with Crippen molar-refractivity contribution in [3.05, 3.63) is 24.3 Å². The van der Waals surface area contributed by atoms with E-state index in [4.69, 9.17) is 19.3 Å². The second kappa shape index (κ2) is 8.84. The molecule has 0 saturated heterocycles. The van der Waals surface area contributed by atoms with Crippen molar-refractivity contribution in [1.29, 1.82) is 0 Å². The number of esters is 1. The minimum Gasteiger partial charge on any atom is -0.490 e. The molecule has 0 saturated carbocycles. The summed E-state index contributed by atoms with van der Waals surface area (Å²) < 4.78 is 15.6. The Morgan fingerprint density at radius 3 is 2.24 bits per heavy atom. The maximum absolute atomic E-state index is 11.5. The monoisotopic (exact) mass is 296 g/mol. The molecule has 0 spiro atoms. The first-order chi connectivity index (χ1) is 10.1. The van der Waals surface area contributed by atoms with Gasteiger partial charge in [0.15, 0.2) is 17.4 Å². The first-order valence-corrected chi connectivity index (χ1v) is 6.84. The smallest absolute Gasteiger partial charge is 0.320 e.